The van der Waals surface area contributed by atoms with E-state index in [1.165, 1.54) is 23.4 Å². The Hall–Kier alpha value is -4.01. The maximum absolute atomic E-state index is 13.6. The van der Waals surface area contributed by atoms with Gasteiger partial charge in [-0.2, -0.15) is 0 Å². The van der Waals surface area contributed by atoms with Crippen LogP contribution in [0.5, 0.6) is 0 Å². The lowest BCUT2D eigenvalue weighted by molar-refractivity contribution is -0.133. The summed E-state index contributed by atoms with van der Waals surface area (Å²) in [7, 11) is 0. The molecule has 0 unspecified atom stereocenters. The number of fused-ring (bicyclic) bond motifs is 1. The van der Waals surface area contributed by atoms with Gasteiger partial charge in [0.2, 0.25) is 5.91 Å². The Bertz CT molecular complexity index is 1230. The second kappa shape index (κ2) is 10.1. The third kappa shape index (κ3) is 4.94. The molecule has 1 aromatic heterocycles. The van der Waals surface area contributed by atoms with Gasteiger partial charge in [0.15, 0.2) is 5.69 Å². The number of benzene rings is 2. The number of nitrogens with one attached hydrogen (secondary N) is 2. The van der Waals surface area contributed by atoms with Crippen LogP contribution in [-0.4, -0.2) is 44.3 Å². The largest absolute Gasteiger partial charge is 0.350 e. The van der Waals surface area contributed by atoms with Crippen molar-refractivity contribution in [1.29, 1.82) is 0 Å². The van der Waals surface area contributed by atoms with Crippen LogP contribution in [-0.2, 0) is 24.4 Å². The normalized spacial score (nSPS) is 17.1. The van der Waals surface area contributed by atoms with Crippen molar-refractivity contribution in [2.75, 3.05) is 6.54 Å². The standard InChI is InChI=1S/C26H28FN5O3/c1-3-13-32-24(34)22-21(23(33)28-14-19-9-11-20(27)12-10-19)30-17-31(22)16-26(32,2)25(35)29-15-18-7-5-4-6-8-18/h4-12,17H,3,13-16H2,1-2H3,(H,28,33)(H,29,35)/t26-/m0/s1. The highest BCUT2D eigenvalue weighted by molar-refractivity contribution is 6.07. The molecule has 1 atom stereocenters. The summed E-state index contributed by atoms with van der Waals surface area (Å²) in [6, 6.07) is 15.3. The van der Waals surface area contributed by atoms with Gasteiger partial charge in [0.25, 0.3) is 11.8 Å². The average Bonchev–Trinajstić information content (AvgIpc) is 3.29. The molecule has 1 aliphatic heterocycles. The van der Waals surface area contributed by atoms with Crippen molar-refractivity contribution in [3.63, 3.8) is 0 Å². The first kappa shape index (κ1) is 24.1. The Morgan fingerprint density at radius 3 is 2.37 bits per heavy atom. The average molecular weight is 478 g/mol. The van der Waals surface area contributed by atoms with Crippen molar-refractivity contribution >= 4 is 17.7 Å². The van der Waals surface area contributed by atoms with Gasteiger partial charge in [0, 0.05) is 19.6 Å². The number of carbonyl (C=O) groups excluding carboxylic acids is 3. The van der Waals surface area contributed by atoms with Gasteiger partial charge < -0.3 is 20.1 Å². The number of imidazole rings is 1. The minimum atomic E-state index is -1.14. The Labute approximate surface area is 203 Å². The minimum Gasteiger partial charge on any atom is -0.350 e. The van der Waals surface area contributed by atoms with E-state index in [1.54, 1.807) is 23.6 Å². The molecule has 3 aromatic rings. The fourth-order valence-corrected chi connectivity index (χ4v) is 4.26. The maximum Gasteiger partial charge on any atom is 0.273 e. The zero-order chi connectivity index (χ0) is 25.0. The molecule has 0 radical (unpaired) electrons. The van der Waals surface area contributed by atoms with E-state index in [4.69, 9.17) is 0 Å². The van der Waals surface area contributed by atoms with Crippen LogP contribution in [0, 0.1) is 5.82 Å². The van der Waals surface area contributed by atoms with E-state index in [2.05, 4.69) is 15.6 Å². The number of hydrogen-bond donors (Lipinski definition) is 2. The number of amides is 3. The third-order valence-corrected chi connectivity index (χ3v) is 6.17. The molecule has 2 heterocycles. The topological polar surface area (TPSA) is 96.3 Å². The first-order valence-corrected chi connectivity index (χ1v) is 11.6. The molecule has 8 nitrogen and oxygen atoms in total. The van der Waals surface area contributed by atoms with Crippen molar-refractivity contribution in [3.8, 4) is 0 Å². The van der Waals surface area contributed by atoms with E-state index in [0.717, 1.165) is 11.1 Å². The third-order valence-electron chi connectivity index (χ3n) is 6.17. The monoisotopic (exact) mass is 477 g/mol. The Kier molecular flexibility index (Phi) is 6.95. The SMILES string of the molecule is CCCN1C(=O)c2c(C(=O)NCc3ccc(F)cc3)ncn2C[C@@]1(C)C(=O)NCc1ccccc1. The summed E-state index contributed by atoms with van der Waals surface area (Å²) in [4.78, 5) is 45.5. The second-order valence-corrected chi connectivity index (χ2v) is 8.78. The first-order valence-electron chi connectivity index (χ1n) is 11.6. The summed E-state index contributed by atoms with van der Waals surface area (Å²) < 4.78 is 14.7. The van der Waals surface area contributed by atoms with Crippen LogP contribution in [0.15, 0.2) is 60.9 Å². The highest BCUT2D eigenvalue weighted by atomic mass is 19.1. The van der Waals surface area contributed by atoms with Crippen LogP contribution >= 0.6 is 0 Å². The summed E-state index contributed by atoms with van der Waals surface area (Å²) in [6.07, 6.45) is 2.07. The zero-order valence-corrected chi connectivity index (χ0v) is 19.8. The molecule has 35 heavy (non-hydrogen) atoms. The molecule has 1 aliphatic rings. The maximum atomic E-state index is 13.6. The lowest BCUT2D eigenvalue weighted by Gasteiger charge is -2.43. The number of hydrogen-bond acceptors (Lipinski definition) is 4. The lowest BCUT2D eigenvalue weighted by Crippen LogP contribution is -2.64. The molecule has 9 heteroatoms. The second-order valence-electron chi connectivity index (χ2n) is 8.78. The van der Waals surface area contributed by atoms with Gasteiger partial charge in [-0.25, -0.2) is 9.37 Å². The van der Waals surface area contributed by atoms with E-state index >= 15 is 0 Å². The van der Waals surface area contributed by atoms with Gasteiger partial charge in [-0.15, -0.1) is 0 Å². The van der Waals surface area contributed by atoms with Crippen LogP contribution in [0.1, 0.15) is 52.4 Å². The van der Waals surface area contributed by atoms with Crippen LogP contribution in [0.25, 0.3) is 0 Å². The summed E-state index contributed by atoms with van der Waals surface area (Å²) in [6.45, 7) is 4.70. The van der Waals surface area contributed by atoms with Crippen LogP contribution in [0.3, 0.4) is 0 Å². The predicted molar refractivity (Wildman–Crippen MR) is 128 cm³/mol. The predicted octanol–water partition coefficient (Wildman–Crippen LogP) is 2.89. The molecule has 4 rings (SSSR count). The van der Waals surface area contributed by atoms with Crippen molar-refractivity contribution in [2.24, 2.45) is 0 Å². The summed E-state index contributed by atoms with van der Waals surface area (Å²) in [5, 5.41) is 5.68. The summed E-state index contributed by atoms with van der Waals surface area (Å²) in [5.74, 6) is -1.56. The molecular formula is C26H28FN5O3. The van der Waals surface area contributed by atoms with E-state index in [0.29, 0.717) is 19.5 Å². The van der Waals surface area contributed by atoms with E-state index < -0.39 is 17.4 Å². The number of aromatic nitrogens is 2. The molecule has 2 N–H and O–H groups in total. The van der Waals surface area contributed by atoms with Gasteiger partial charge >= 0.3 is 0 Å². The molecule has 0 bridgehead atoms. The molecule has 182 valence electrons. The Morgan fingerprint density at radius 2 is 1.69 bits per heavy atom. The molecule has 0 spiro atoms. The Balaban J connectivity index is 1.54. The Morgan fingerprint density at radius 1 is 1.03 bits per heavy atom. The quantitative estimate of drug-likeness (QED) is 0.522. The highest BCUT2D eigenvalue weighted by Gasteiger charge is 2.48. The van der Waals surface area contributed by atoms with Gasteiger partial charge in [-0.3, -0.25) is 14.4 Å². The molecule has 0 fully saturated rings. The number of halogens is 1. The fourth-order valence-electron chi connectivity index (χ4n) is 4.26. The molecule has 3 amide bonds. The van der Waals surface area contributed by atoms with E-state index in [-0.39, 0.29) is 36.2 Å². The fraction of sp³-hybridized carbons (Fsp3) is 0.308. The number of nitrogens with zero attached hydrogens (tertiary/aromatic N) is 3. The number of carbonyl (C=O) groups is 3. The number of rotatable bonds is 8. The van der Waals surface area contributed by atoms with Gasteiger partial charge in [0.05, 0.1) is 12.9 Å². The molecule has 2 aromatic carbocycles. The van der Waals surface area contributed by atoms with E-state index in [9.17, 15) is 18.8 Å². The van der Waals surface area contributed by atoms with Crippen LogP contribution < -0.4 is 10.6 Å². The molecule has 0 saturated carbocycles. The summed E-state index contributed by atoms with van der Waals surface area (Å²) >= 11 is 0. The van der Waals surface area contributed by atoms with Crippen LogP contribution in [0.4, 0.5) is 4.39 Å². The molecular weight excluding hydrogens is 449 g/mol. The first-order chi connectivity index (χ1) is 16.8. The van der Waals surface area contributed by atoms with E-state index in [1.807, 2.05) is 37.3 Å². The highest BCUT2D eigenvalue weighted by Crippen LogP contribution is 2.29. The van der Waals surface area contributed by atoms with Crippen molar-refractivity contribution < 1.29 is 18.8 Å². The van der Waals surface area contributed by atoms with Crippen molar-refractivity contribution in [1.82, 2.24) is 25.1 Å². The summed E-state index contributed by atoms with van der Waals surface area (Å²) in [5.41, 5.74) is 0.692. The molecule has 0 aliphatic carbocycles. The van der Waals surface area contributed by atoms with Crippen molar-refractivity contribution in [3.05, 3.63) is 89.3 Å². The minimum absolute atomic E-state index is 0.00459. The van der Waals surface area contributed by atoms with Crippen LogP contribution in [0.2, 0.25) is 0 Å². The molecule has 0 saturated heterocycles. The zero-order valence-electron chi connectivity index (χ0n) is 19.8. The lowest BCUT2D eigenvalue weighted by atomic mass is 9.94. The smallest absolute Gasteiger partial charge is 0.273 e. The van der Waals surface area contributed by atoms with Gasteiger partial charge in [0.1, 0.15) is 17.1 Å². The van der Waals surface area contributed by atoms with Gasteiger partial charge in [-0.1, -0.05) is 49.4 Å². The van der Waals surface area contributed by atoms with Crippen molar-refractivity contribution in [2.45, 2.75) is 45.4 Å². The van der Waals surface area contributed by atoms with Gasteiger partial charge in [-0.05, 0) is 36.6 Å².